The van der Waals surface area contributed by atoms with Crippen LogP contribution in [0.15, 0.2) is 79.1 Å². The third kappa shape index (κ3) is 3.65. The molecule has 1 heterocycles. The van der Waals surface area contributed by atoms with Gasteiger partial charge in [-0.05, 0) is 35.0 Å². The van der Waals surface area contributed by atoms with E-state index in [1.54, 1.807) is 12.1 Å². The van der Waals surface area contributed by atoms with E-state index >= 15 is 0 Å². The van der Waals surface area contributed by atoms with E-state index in [-0.39, 0.29) is 17.4 Å². The standard InChI is InChI=1S/C20H15N5O3/c26-25(27)18-19(24-23-16-8-2-1-3-9-16)21-13-22-20(18)28-17-11-10-14-6-4-5-7-15(14)12-17/h1-13,23H,(H,21,22,24). The molecule has 0 aliphatic rings. The van der Waals surface area contributed by atoms with Gasteiger partial charge in [-0.2, -0.15) is 4.98 Å². The number of rotatable bonds is 6. The van der Waals surface area contributed by atoms with Crippen LogP contribution in [-0.4, -0.2) is 14.9 Å². The summed E-state index contributed by atoms with van der Waals surface area (Å²) in [6, 6.07) is 22.4. The monoisotopic (exact) mass is 373 g/mol. The van der Waals surface area contributed by atoms with Crippen molar-refractivity contribution in [3.63, 3.8) is 0 Å². The van der Waals surface area contributed by atoms with Crippen LogP contribution in [0.1, 0.15) is 0 Å². The number of benzene rings is 3. The SMILES string of the molecule is O=[N+]([O-])c1c(NNc2ccccc2)ncnc1Oc1ccc2ccccc2c1. The van der Waals surface area contributed by atoms with Crippen LogP contribution in [0, 0.1) is 10.1 Å². The molecule has 0 radical (unpaired) electrons. The average molecular weight is 373 g/mol. The summed E-state index contributed by atoms with van der Waals surface area (Å²) in [7, 11) is 0. The normalized spacial score (nSPS) is 10.4. The van der Waals surface area contributed by atoms with Gasteiger partial charge in [0.1, 0.15) is 12.1 Å². The number of para-hydroxylation sites is 1. The van der Waals surface area contributed by atoms with Gasteiger partial charge in [-0.3, -0.25) is 21.0 Å². The minimum Gasteiger partial charge on any atom is -0.434 e. The highest BCUT2D eigenvalue weighted by atomic mass is 16.6. The second-order valence-corrected chi connectivity index (χ2v) is 5.86. The first-order valence-corrected chi connectivity index (χ1v) is 8.44. The molecule has 138 valence electrons. The number of nitrogens with zero attached hydrogens (tertiary/aromatic N) is 3. The van der Waals surface area contributed by atoms with Crippen LogP contribution < -0.4 is 15.6 Å². The maximum Gasteiger partial charge on any atom is 0.374 e. The molecule has 4 rings (SSSR count). The molecule has 3 aromatic carbocycles. The molecule has 28 heavy (non-hydrogen) atoms. The zero-order valence-electron chi connectivity index (χ0n) is 14.6. The molecule has 0 bridgehead atoms. The van der Waals surface area contributed by atoms with Crippen molar-refractivity contribution in [3.05, 3.63) is 89.2 Å². The zero-order chi connectivity index (χ0) is 19.3. The molecule has 0 atom stereocenters. The Balaban J connectivity index is 1.63. The Morgan fingerprint density at radius 2 is 1.61 bits per heavy atom. The summed E-state index contributed by atoms with van der Waals surface area (Å²) in [6.45, 7) is 0. The van der Waals surface area contributed by atoms with Crippen LogP contribution in [0.2, 0.25) is 0 Å². The molecular formula is C20H15N5O3. The summed E-state index contributed by atoms with van der Waals surface area (Å²) in [4.78, 5) is 19.0. The molecule has 0 unspecified atom stereocenters. The second-order valence-electron chi connectivity index (χ2n) is 5.86. The molecule has 0 fully saturated rings. The number of fused-ring (bicyclic) bond motifs is 1. The Bertz CT molecular complexity index is 1130. The molecule has 0 spiro atoms. The van der Waals surface area contributed by atoms with Crippen molar-refractivity contribution in [2.24, 2.45) is 0 Å². The number of nitro groups is 1. The minimum absolute atomic E-state index is 0.000331. The lowest BCUT2D eigenvalue weighted by atomic mass is 10.1. The first-order chi connectivity index (χ1) is 13.7. The lowest BCUT2D eigenvalue weighted by Crippen LogP contribution is -2.12. The summed E-state index contributed by atoms with van der Waals surface area (Å²) in [5, 5.41) is 13.6. The Kier molecular flexibility index (Phi) is 4.67. The predicted octanol–water partition coefficient (Wildman–Crippen LogP) is 4.77. The van der Waals surface area contributed by atoms with Gasteiger partial charge in [0.15, 0.2) is 0 Å². The molecule has 1 aromatic heterocycles. The van der Waals surface area contributed by atoms with Gasteiger partial charge >= 0.3 is 11.6 Å². The number of ether oxygens (including phenoxy) is 1. The number of hydrogen-bond donors (Lipinski definition) is 2. The van der Waals surface area contributed by atoms with Crippen molar-refractivity contribution in [2.75, 3.05) is 10.9 Å². The first-order valence-electron chi connectivity index (χ1n) is 8.44. The molecule has 4 aromatic rings. The maximum atomic E-state index is 11.6. The summed E-state index contributed by atoms with van der Waals surface area (Å²) in [5.41, 5.74) is 5.98. The van der Waals surface area contributed by atoms with Gasteiger partial charge in [0.2, 0.25) is 5.82 Å². The van der Waals surface area contributed by atoms with Crippen LogP contribution in [0.25, 0.3) is 10.8 Å². The van der Waals surface area contributed by atoms with E-state index < -0.39 is 4.92 Å². The number of hydrazine groups is 1. The average Bonchev–Trinajstić information content (AvgIpc) is 2.73. The van der Waals surface area contributed by atoms with Crippen LogP contribution >= 0.6 is 0 Å². The van der Waals surface area contributed by atoms with E-state index in [2.05, 4.69) is 20.8 Å². The lowest BCUT2D eigenvalue weighted by molar-refractivity contribution is -0.385. The van der Waals surface area contributed by atoms with Gasteiger partial charge in [-0.15, -0.1) is 0 Å². The van der Waals surface area contributed by atoms with Gasteiger partial charge in [-0.25, -0.2) is 4.98 Å². The van der Waals surface area contributed by atoms with Crippen molar-refractivity contribution < 1.29 is 9.66 Å². The molecule has 8 nitrogen and oxygen atoms in total. The highest BCUT2D eigenvalue weighted by molar-refractivity contribution is 5.83. The van der Waals surface area contributed by atoms with Crippen LogP contribution in [0.3, 0.4) is 0 Å². The van der Waals surface area contributed by atoms with E-state index in [9.17, 15) is 10.1 Å². The second kappa shape index (κ2) is 7.58. The molecule has 0 aliphatic heterocycles. The Morgan fingerprint density at radius 3 is 2.39 bits per heavy atom. The Morgan fingerprint density at radius 1 is 0.857 bits per heavy atom. The number of aromatic nitrogens is 2. The highest BCUT2D eigenvalue weighted by Crippen LogP contribution is 2.34. The quantitative estimate of drug-likeness (QED) is 0.371. The van der Waals surface area contributed by atoms with Gasteiger partial charge < -0.3 is 4.74 Å². The summed E-state index contributed by atoms with van der Waals surface area (Å²) >= 11 is 0. The van der Waals surface area contributed by atoms with Crippen LogP contribution in [-0.2, 0) is 0 Å². The summed E-state index contributed by atoms with van der Waals surface area (Å²) in [6.07, 6.45) is 1.21. The number of anilines is 2. The molecule has 0 saturated heterocycles. The fourth-order valence-corrected chi connectivity index (χ4v) is 2.69. The van der Waals surface area contributed by atoms with Crippen molar-refractivity contribution in [2.45, 2.75) is 0 Å². The Hall–Kier alpha value is -4.20. The fraction of sp³-hybridized carbons (Fsp3) is 0. The lowest BCUT2D eigenvalue weighted by Gasteiger charge is -2.11. The topological polar surface area (TPSA) is 102 Å². The highest BCUT2D eigenvalue weighted by Gasteiger charge is 2.25. The van der Waals surface area contributed by atoms with Gasteiger partial charge in [0, 0.05) is 0 Å². The van der Waals surface area contributed by atoms with Gasteiger partial charge in [0.05, 0.1) is 10.6 Å². The number of nitrogens with one attached hydrogen (secondary N) is 2. The van der Waals surface area contributed by atoms with Crippen molar-refractivity contribution in [3.8, 4) is 11.6 Å². The van der Waals surface area contributed by atoms with Gasteiger partial charge in [0.25, 0.3) is 0 Å². The predicted molar refractivity (Wildman–Crippen MR) is 106 cm³/mol. The molecule has 0 saturated carbocycles. The van der Waals surface area contributed by atoms with Gasteiger partial charge in [-0.1, -0.05) is 48.5 Å². The smallest absolute Gasteiger partial charge is 0.374 e. The summed E-state index contributed by atoms with van der Waals surface area (Å²) < 4.78 is 5.71. The molecule has 2 N–H and O–H groups in total. The van der Waals surface area contributed by atoms with E-state index in [4.69, 9.17) is 4.74 Å². The number of hydrogen-bond acceptors (Lipinski definition) is 7. The van der Waals surface area contributed by atoms with E-state index in [0.717, 1.165) is 16.5 Å². The minimum atomic E-state index is -0.578. The first kappa shape index (κ1) is 17.2. The van der Waals surface area contributed by atoms with Crippen LogP contribution in [0.4, 0.5) is 17.2 Å². The Labute approximate surface area is 160 Å². The molecule has 0 aliphatic carbocycles. The van der Waals surface area contributed by atoms with E-state index in [1.807, 2.05) is 60.7 Å². The van der Waals surface area contributed by atoms with Crippen molar-refractivity contribution in [1.29, 1.82) is 0 Å². The molecule has 8 heteroatoms. The third-order valence-corrected chi connectivity index (χ3v) is 4.01. The summed E-state index contributed by atoms with van der Waals surface area (Å²) in [5.74, 6) is 0.301. The van der Waals surface area contributed by atoms with Crippen molar-refractivity contribution in [1.82, 2.24) is 9.97 Å². The maximum absolute atomic E-state index is 11.6. The third-order valence-electron chi connectivity index (χ3n) is 4.01. The molecular weight excluding hydrogens is 358 g/mol. The van der Waals surface area contributed by atoms with E-state index in [1.165, 1.54) is 6.33 Å². The fourth-order valence-electron chi connectivity index (χ4n) is 2.69. The van der Waals surface area contributed by atoms with E-state index in [0.29, 0.717) is 5.75 Å². The molecule has 0 amide bonds. The van der Waals surface area contributed by atoms with Crippen LogP contribution in [0.5, 0.6) is 11.6 Å². The van der Waals surface area contributed by atoms with Crippen molar-refractivity contribution >= 4 is 28.0 Å². The zero-order valence-corrected chi connectivity index (χ0v) is 14.6. The largest absolute Gasteiger partial charge is 0.434 e.